The molecule has 0 aliphatic carbocycles. The predicted molar refractivity (Wildman–Crippen MR) is 156 cm³/mol. The van der Waals surface area contributed by atoms with Crippen LogP contribution in [0.5, 0.6) is 11.6 Å². The van der Waals surface area contributed by atoms with Gasteiger partial charge in [-0.1, -0.05) is 30.3 Å². The van der Waals surface area contributed by atoms with Gasteiger partial charge in [0.25, 0.3) is 20.0 Å². The molecule has 0 radical (unpaired) electrons. The molecule has 0 spiro atoms. The first-order chi connectivity index (χ1) is 21.0. The molecule has 5 aromatic rings. The molecule has 0 aliphatic heterocycles. The molecule has 0 bridgehead atoms. The van der Waals surface area contributed by atoms with Gasteiger partial charge in [0.2, 0.25) is 0 Å². The number of hydrogen-bond donors (Lipinski definition) is 2. The number of sulfone groups is 1. The van der Waals surface area contributed by atoms with Gasteiger partial charge in [-0.2, -0.15) is 8.42 Å². The second kappa shape index (κ2) is 12.4. The fraction of sp³-hybridized carbons (Fsp3) is 0.179. The number of hydrogen-bond acceptors (Lipinski definition) is 11. The summed E-state index contributed by atoms with van der Waals surface area (Å²) >= 11 is 0. The Labute approximate surface area is 251 Å². The topological polar surface area (TPSA) is 194 Å². The lowest BCUT2D eigenvalue weighted by Gasteiger charge is -2.11. The molecule has 0 aliphatic rings. The van der Waals surface area contributed by atoms with Crippen molar-refractivity contribution in [3.8, 4) is 11.6 Å². The van der Waals surface area contributed by atoms with Crippen LogP contribution in [0.3, 0.4) is 0 Å². The van der Waals surface area contributed by atoms with E-state index in [9.17, 15) is 26.8 Å². The number of aryl methyl sites for hydroxylation is 1. The molecule has 0 atom stereocenters. The predicted octanol–water partition coefficient (Wildman–Crippen LogP) is 2.48. The van der Waals surface area contributed by atoms with E-state index in [1.165, 1.54) is 37.4 Å². The lowest BCUT2D eigenvalue weighted by molar-refractivity contribution is -0.832. The standard InChI is InChI=1S/C28H26N4O10S2/c1-18-23-12-11-21(39-13-14-40-26-27(32(34)42-30-26)43(35,36)22-9-4-3-5-10-22)17-25(23)41-28(33)24(18)16-19-7-6-8-20(15-19)31-44(37,38)29-2/h3-12,15,17,29,31H,13-14,16H2,1-2H3. The van der Waals surface area contributed by atoms with E-state index in [2.05, 4.69) is 19.2 Å². The molecule has 0 fully saturated rings. The molecule has 0 saturated heterocycles. The Morgan fingerprint density at radius 3 is 2.45 bits per heavy atom. The molecule has 2 heterocycles. The van der Waals surface area contributed by atoms with E-state index in [0.717, 1.165) is 0 Å². The van der Waals surface area contributed by atoms with Gasteiger partial charge in [-0.3, -0.25) is 9.35 Å². The zero-order valence-electron chi connectivity index (χ0n) is 23.3. The highest BCUT2D eigenvalue weighted by molar-refractivity contribution is 7.91. The summed E-state index contributed by atoms with van der Waals surface area (Å²) in [6.07, 6.45) is 0.211. The van der Waals surface area contributed by atoms with Crippen LogP contribution in [-0.2, 0) is 26.5 Å². The Kier molecular flexibility index (Phi) is 8.57. The molecule has 5 rings (SSSR count). The average molecular weight is 643 g/mol. The largest absolute Gasteiger partial charge is 0.490 e. The van der Waals surface area contributed by atoms with Crippen molar-refractivity contribution in [3.63, 3.8) is 0 Å². The number of nitrogens with zero attached hydrogens (tertiary/aromatic N) is 2. The maximum absolute atomic E-state index is 12.9. The summed E-state index contributed by atoms with van der Waals surface area (Å²) < 4.78 is 75.1. The van der Waals surface area contributed by atoms with E-state index in [1.807, 2.05) is 0 Å². The molecule has 2 aromatic heterocycles. The number of aromatic nitrogens is 2. The highest BCUT2D eigenvalue weighted by Gasteiger charge is 2.35. The fourth-order valence-electron chi connectivity index (χ4n) is 4.36. The summed E-state index contributed by atoms with van der Waals surface area (Å²) in [5, 5.41) is 15.3. The van der Waals surface area contributed by atoms with Crippen LogP contribution in [0.1, 0.15) is 16.7 Å². The highest BCUT2D eigenvalue weighted by atomic mass is 32.2. The van der Waals surface area contributed by atoms with Gasteiger partial charge in [0.15, 0.2) is 0 Å². The number of ether oxygens (including phenoxy) is 2. The summed E-state index contributed by atoms with van der Waals surface area (Å²) in [5.41, 5.74) is 1.88. The van der Waals surface area contributed by atoms with E-state index in [4.69, 9.17) is 13.9 Å². The van der Waals surface area contributed by atoms with Crippen LogP contribution in [0.4, 0.5) is 5.69 Å². The highest BCUT2D eigenvalue weighted by Crippen LogP contribution is 2.27. The molecular weight excluding hydrogens is 616 g/mol. The van der Waals surface area contributed by atoms with Gasteiger partial charge in [-0.25, -0.2) is 17.9 Å². The minimum atomic E-state index is -4.26. The van der Waals surface area contributed by atoms with Gasteiger partial charge in [0, 0.05) is 30.5 Å². The van der Waals surface area contributed by atoms with Gasteiger partial charge in [0.1, 0.15) is 24.5 Å². The Balaban J connectivity index is 1.27. The van der Waals surface area contributed by atoms with Crippen molar-refractivity contribution < 1.29 is 40.3 Å². The first-order valence-corrected chi connectivity index (χ1v) is 16.0. The van der Waals surface area contributed by atoms with Gasteiger partial charge in [-0.15, -0.1) is 0 Å². The van der Waals surface area contributed by atoms with E-state index in [-0.39, 0.29) is 35.0 Å². The van der Waals surface area contributed by atoms with Crippen molar-refractivity contribution >= 4 is 36.7 Å². The van der Waals surface area contributed by atoms with Crippen molar-refractivity contribution in [3.05, 3.63) is 105 Å². The van der Waals surface area contributed by atoms with Crippen molar-refractivity contribution in [1.82, 2.24) is 9.88 Å². The second-order valence-corrected chi connectivity index (χ2v) is 12.9. The lowest BCUT2D eigenvalue weighted by Crippen LogP contribution is -2.31. The first kappa shape index (κ1) is 30.5. The van der Waals surface area contributed by atoms with Crippen LogP contribution < -0.4 is 29.4 Å². The monoisotopic (exact) mass is 642 g/mol. The van der Waals surface area contributed by atoms with Crippen molar-refractivity contribution in [2.45, 2.75) is 23.3 Å². The minimum Gasteiger partial charge on any atom is -0.490 e. The number of nitrogens with one attached hydrogen (secondary N) is 2. The van der Waals surface area contributed by atoms with Crippen LogP contribution in [-0.4, -0.2) is 42.3 Å². The summed E-state index contributed by atoms with van der Waals surface area (Å²) in [6, 6.07) is 18.9. The van der Waals surface area contributed by atoms with Crippen LogP contribution in [0.15, 0.2) is 96.6 Å². The first-order valence-electron chi connectivity index (χ1n) is 13.0. The minimum absolute atomic E-state index is 0.0724. The van der Waals surface area contributed by atoms with Gasteiger partial charge in [-0.05, 0) is 59.4 Å². The van der Waals surface area contributed by atoms with Crippen LogP contribution in [0.2, 0.25) is 0 Å². The summed E-state index contributed by atoms with van der Waals surface area (Å²) in [7, 11) is -6.66. The number of benzene rings is 3. The molecule has 230 valence electrons. The molecule has 44 heavy (non-hydrogen) atoms. The quantitative estimate of drug-likeness (QED) is 0.115. The van der Waals surface area contributed by atoms with E-state index in [0.29, 0.717) is 33.5 Å². The summed E-state index contributed by atoms with van der Waals surface area (Å²) in [4.78, 5) is 12.6. The molecule has 16 heteroatoms. The van der Waals surface area contributed by atoms with E-state index in [1.54, 1.807) is 49.4 Å². The van der Waals surface area contributed by atoms with Crippen molar-refractivity contribution in [1.29, 1.82) is 0 Å². The molecule has 14 nitrogen and oxygen atoms in total. The SMILES string of the molecule is CNS(=O)(=O)Nc1cccc(Cc2c(C)c3ccc(OCCOc4no[n+]([O-])c4S(=O)(=O)c4ccccc4)cc3oc2=O)c1. The lowest BCUT2D eigenvalue weighted by atomic mass is 9.99. The Bertz CT molecular complexity index is 2090. The van der Waals surface area contributed by atoms with Crippen molar-refractivity contribution in [2.24, 2.45) is 0 Å². The van der Waals surface area contributed by atoms with Gasteiger partial charge in [0.05, 0.1) is 15.7 Å². The number of rotatable bonds is 12. The Morgan fingerprint density at radius 1 is 0.955 bits per heavy atom. The van der Waals surface area contributed by atoms with Crippen LogP contribution in [0, 0.1) is 12.1 Å². The average Bonchev–Trinajstić information content (AvgIpc) is 3.38. The molecule has 0 amide bonds. The van der Waals surface area contributed by atoms with Crippen LogP contribution in [0.25, 0.3) is 11.0 Å². The second-order valence-electron chi connectivity index (χ2n) is 9.39. The zero-order valence-corrected chi connectivity index (χ0v) is 25.0. The third-order valence-electron chi connectivity index (χ3n) is 6.53. The third kappa shape index (κ3) is 6.51. The van der Waals surface area contributed by atoms with Gasteiger partial charge < -0.3 is 19.1 Å². The molecule has 0 unspecified atom stereocenters. The Morgan fingerprint density at radius 2 is 1.70 bits per heavy atom. The fourth-order valence-corrected chi connectivity index (χ4v) is 6.20. The molecule has 2 N–H and O–H groups in total. The maximum atomic E-state index is 12.9. The summed E-state index contributed by atoms with van der Waals surface area (Å²) in [6.45, 7) is 1.53. The maximum Gasteiger partial charge on any atom is 0.415 e. The number of fused-ring (bicyclic) bond motifs is 1. The summed E-state index contributed by atoms with van der Waals surface area (Å²) in [5.74, 6) is -0.165. The van der Waals surface area contributed by atoms with Gasteiger partial charge >= 0.3 is 16.5 Å². The smallest absolute Gasteiger partial charge is 0.415 e. The molecule has 3 aromatic carbocycles. The number of anilines is 1. The Hall–Kier alpha value is -4.93. The van der Waals surface area contributed by atoms with E-state index < -0.39 is 36.6 Å². The van der Waals surface area contributed by atoms with Crippen LogP contribution >= 0.6 is 0 Å². The third-order valence-corrected chi connectivity index (χ3v) is 9.30. The van der Waals surface area contributed by atoms with Crippen molar-refractivity contribution in [2.75, 3.05) is 25.0 Å². The van der Waals surface area contributed by atoms with E-state index >= 15 is 0 Å². The molecular formula is C28H26N4O10S2. The zero-order chi connectivity index (χ0) is 31.5. The molecule has 0 saturated carbocycles. The normalized spacial score (nSPS) is 11.9.